The van der Waals surface area contributed by atoms with Crippen LogP contribution in [0.25, 0.3) is 10.8 Å². The highest BCUT2D eigenvalue weighted by molar-refractivity contribution is 6.31. The summed E-state index contributed by atoms with van der Waals surface area (Å²) in [4.78, 5) is 28.4. The number of hydrogen-bond donors (Lipinski definition) is 1. The summed E-state index contributed by atoms with van der Waals surface area (Å²) < 4.78 is 3.35. The van der Waals surface area contributed by atoms with Gasteiger partial charge >= 0.3 is 0 Å². The van der Waals surface area contributed by atoms with Crippen molar-refractivity contribution in [2.24, 2.45) is 0 Å². The van der Waals surface area contributed by atoms with Crippen LogP contribution < -0.4 is 10.9 Å². The highest BCUT2D eigenvalue weighted by atomic mass is 35.5. The normalized spacial score (nSPS) is 16.6. The predicted molar refractivity (Wildman–Crippen MR) is 141 cm³/mol. The molecule has 1 aliphatic rings. The van der Waals surface area contributed by atoms with Crippen LogP contribution in [0, 0.1) is 13.8 Å². The number of benzene rings is 1. The van der Waals surface area contributed by atoms with Crippen LogP contribution in [0.3, 0.4) is 0 Å². The van der Waals surface area contributed by atoms with Crippen molar-refractivity contribution >= 4 is 28.3 Å². The average molecular weight is 498 g/mol. The molecule has 1 aliphatic heterocycles. The van der Waals surface area contributed by atoms with Gasteiger partial charge in [0.25, 0.3) is 5.56 Å². The van der Waals surface area contributed by atoms with Crippen molar-refractivity contribution in [3.63, 3.8) is 0 Å². The van der Waals surface area contributed by atoms with Crippen LogP contribution in [0.1, 0.15) is 56.0 Å². The number of hydrogen-bond acceptors (Lipinski definition) is 4. The van der Waals surface area contributed by atoms with E-state index in [1.54, 1.807) is 6.20 Å². The zero-order chi connectivity index (χ0) is 24.9. The molecular weight excluding hydrogens is 462 g/mol. The smallest absolute Gasteiger partial charge is 0.276 e. The van der Waals surface area contributed by atoms with Crippen LogP contribution >= 0.6 is 11.6 Å². The molecule has 188 valence electrons. The van der Waals surface area contributed by atoms with E-state index in [2.05, 4.69) is 26.8 Å². The summed E-state index contributed by atoms with van der Waals surface area (Å²) in [5.41, 5.74) is 2.56. The van der Waals surface area contributed by atoms with Crippen molar-refractivity contribution in [3.8, 4) is 0 Å². The number of carbonyl (C=O) groups excluding carboxylic acids is 1. The van der Waals surface area contributed by atoms with E-state index in [0.717, 1.165) is 41.8 Å². The predicted octanol–water partition coefficient (Wildman–Crippen LogP) is 4.29. The van der Waals surface area contributed by atoms with Gasteiger partial charge in [-0.05, 0) is 57.7 Å². The van der Waals surface area contributed by atoms with E-state index in [1.165, 1.54) is 30.4 Å². The summed E-state index contributed by atoms with van der Waals surface area (Å²) in [6.07, 6.45) is 7.64. The molecule has 2 aromatic heterocycles. The molecule has 0 spiro atoms. The van der Waals surface area contributed by atoms with Crippen LogP contribution in [0.15, 0.2) is 35.3 Å². The molecule has 1 atom stereocenters. The highest BCUT2D eigenvalue weighted by Gasteiger charge is 2.20. The fraction of sp³-hybridized carbons (Fsp3) is 0.519. The van der Waals surface area contributed by atoms with Crippen molar-refractivity contribution in [2.45, 2.75) is 72.0 Å². The third-order valence-electron chi connectivity index (χ3n) is 7.35. The number of nitrogens with zero attached hydrogens (tertiary/aromatic N) is 4. The summed E-state index contributed by atoms with van der Waals surface area (Å²) in [6.45, 7) is 9.42. The van der Waals surface area contributed by atoms with E-state index in [1.807, 2.05) is 38.1 Å². The molecule has 35 heavy (non-hydrogen) atoms. The molecule has 0 aliphatic carbocycles. The molecule has 8 heteroatoms. The van der Waals surface area contributed by atoms with Gasteiger partial charge in [0.05, 0.1) is 11.6 Å². The Bertz CT molecular complexity index is 1250. The Morgan fingerprint density at radius 3 is 2.77 bits per heavy atom. The lowest BCUT2D eigenvalue weighted by atomic mass is 10.00. The maximum Gasteiger partial charge on any atom is 0.276 e. The van der Waals surface area contributed by atoms with Crippen LogP contribution in [-0.4, -0.2) is 50.8 Å². The second-order valence-electron chi connectivity index (χ2n) is 9.54. The minimum absolute atomic E-state index is 0.0791. The van der Waals surface area contributed by atoms with Crippen LogP contribution in [0.4, 0.5) is 0 Å². The van der Waals surface area contributed by atoms with Gasteiger partial charge in [0.2, 0.25) is 5.91 Å². The van der Waals surface area contributed by atoms with Gasteiger partial charge in [-0.2, -0.15) is 5.10 Å². The third-order valence-corrected chi connectivity index (χ3v) is 7.72. The summed E-state index contributed by atoms with van der Waals surface area (Å²) in [5, 5.41) is 9.38. The largest absolute Gasteiger partial charge is 0.354 e. The van der Waals surface area contributed by atoms with Crippen molar-refractivity contribution in [2.75, 3.05) is 19.6 Å². The summed E-state index contributed by atoms with van der Waals surface area (Å²) in [5.74, 6) is -0.186. The minimum atomic E-state index is -0.240. The number of amides is 1. The summed E-state index contributed by atoms with van der Waals surface area (Å²) in [7, 11) is 0. The lowest BCUT2D eigenvalue weighted by Gasteiger charge is -2.35. The number of likely N-dealkylation sites (tertiary alicyclic amines) is 1. The molecule has 1 N–H and O–H groups in total. The van der Waals surface area contributed by atoms with Crippen molar-refractivity contribution < 1.29 is 4.79 Å². The van der Waals surface area contributed by atoms with Gasteiger partial charge in [0, 0.05) is 47.5 Å². The monoisotopic (exact) mass is 497 g/mol. The quantitative estimate of drug-likeness (QED) is 0.448. The number of aromatic nitrogens is 3. The van der Waals surface area contributed by atoms with Gasteiger partial charge in [-0.1, -0.05) is 43.1 Å². The minimum Gasteiger partial charge on any atom is -0.354 e. The topological polar surface area (TPSA) is 72.2 Å². The zero-order valence-corrected chi connectivity index (χ0v) is 21.8. The van der Waals surface area contributed by atoms with Gasteiger partial charge in [0.15, 0.2) is 0 Å². The summed E-state index contributed by atoms with van der Waals surface area (Å²) >= 11 is 6.36. The van der Waals surface area contributed by atoms with Gasteiger partial charge < -0.3 is 14.8 Å². The molecule has 1 fully saturated rings. The molecule has 0 bridgehead atoms. The molecule has 0 radical (unpaired) electrons. The average Bonchev–Trinajstić information content (AvgIpc) is 3.10. The zero-order valence-electron chi connectivity index (χ0n) is 21.0. The Labute approximate surface area is 212 Å². The lowest BCUT2D eigenvalue weighted by molar-refractivity contribution is -0.121. The van der Waals surface area contributed by atoms with E-state index >= 15 is 0 Å². The van der Waals surface area contributed by atoms with Crippen LogP contribution in [0.2, 0.25) is 5.02 Å². The number of fused-ring (bicyclic) bond motifs is 1. The first kappa shape index (κ1) is 25.5. The lowest BCUT2D eigenvalue weighted by Crippen LogP contribution is -2.41. The molecule has 4 rings (SSSR count). The Morgan fingerprint density at radius 1 is 1.20 bits per heavy atom. The van der Waals surface area contributed by atoms with Gasteiger partial charge in [-0.15, -0.1) is 0 Å². The third kappa shape index (κ3) is 5.62. The van der Waals surface area contributed by atoms with E-state index in [0.29, 0.717) is 29.5 Å². The van der Waals surface area contributed by atoms with Gasteiger partial charge in [0.1, 0.15) is 6.54 Å². The molecule has 0 unspecified atom stereocenters. The van der Waals surface area contributed by atoms with Crippen molar-refractivity contribution in [1.29, 1.82) is 0 Å². The molecule has 3 aromatic rings. The van der Waals surface area contributed by atoms with Crippen LogP contribution in [-0.2, 0) is 17.9 Å². The van der Waals surface area contributed by atoms with Crippen LogP contribution in [0.5, 0.6) is 0 Å². The first-order valence-corrected chi connectivity index (χ1v) is 13.1. The Hall–Kier alpha value is -2.64. The number of rotatable bonds is 9. The second-order valence-corrected chi connectivity index (χ2v) is 9.95. The highest BCUT2D eigenvalue weighted by Crippen LogP contribution is 2.25. The van der Waals surface area contributed by atoms with Crippen molar-refractivity contribution in [1.82, 2.24) is 24.6 Å². The van der Waals surface area contributed by atoms with Gasteiger partial charge in [-0.25, -0.2) is 4.68 Å². The molecule has 1 amide bonds. The van der Waals surface area contributed by atoms with E-state index in [-0.39, 0.29) is 18.0 Å². The standard InChI is InChI=1S/C27H36ClN5O2/c1-4-22-11-7-8-14-31(22)15-9-13-29-25(34)18-33-27(35)26-20(3)32(19(2)23(26)16-30-33)17-21-10-5-6-12-24(21)28/h5-6,10,12,16,22H,4,7-9,11,13-15,17-18H2,1-3H3,(H,29,34)/t22-/m1/s1. The van der Waals surface area contributed by atoms with Gasteiger partial charge in [-0.3, -0.25) is 9.59 Å². The first-order chi connectivity index (χ1) is 16.9. The van der Waals surface area contributed by atoms with E-state index < -0.39 is 0 Å². The Balaban J connectivity index is 1.41. The fourth-order valence-corrected chi connectivity index (χ4v) is 5.51. The maximum absolute atomic E-state index is 13.2. The second kappa shape index (κ2) is 11.4. The molecule has 3 heterocycles. The first-order valence-electron chi connectivity index (χ1n) is 12.7. The molecule has 7 nitrogen and oxygen atoms in total. The molecule has 1 saturated heterocycles. The number of aryl methyl sites for hydroxylation is 2. The number of carbonyl (C=O) groups is 1. The molecular formula is C27H36ClN5O2. The van der Waals surface area contributed by atoms with E-state index in [4.69, 9.17) is 11.6 Å². The SMILES string of the molecule is CC[C@@H]1CCCCN1CCCNC(=O)Cn1ncc2c(C)n(Cc3ccccc3Cl)c(C)c2c1=O. The Kier molecular flexibility index (Phi) is 8.29. The maximum atomic E-state index is 13.2. The van der Waals surface area contributed by atoms with E-state index in [9.17, 15) is 9.59 Å². The molecule has 0 saturated carbocycles. The number of piperidine rings is 1. The Morgan fingerprint density at radius 2 is 2.00 bits per heavy atom. The van der Waals surface area contributed by atoms with Crippen molar-refractivity contribution in [3.05, 3.63) is 62.8 Å². The number of halogens is 1. The fourth-order valence-electron chi connectivity index (χ4n) is 5.31. The number of nitrogens with one attached hydrogen (secondary N) is 1. The summed E-state index contributed by atoms with van der Waals surface area (Å²) in [6, 6.07) is 8.39. The molecule has 1 aromatic carbocycles.